The smallest absolute Gasteiger partial charge is 0.124 e. The van der Waals surface area contributed by atoms with Gasteiger partial charge in [-0.15, -0.1) is 0 Å². The fraction of sp³-hybridized carbons (Fsp3) is 0.231. The molecule has 0 heterocycles. The highest BCUT2D eigenvalue weighted by Gasteiger charge is 2.16. The lowest BCUT2D eigenvalue weighted by atomic mass is 10.1. The van der Waals surface area contributed by atoms with Gasteiger partial charge in [0.05, 0.1) is 0 Å². The van der Waals surface area contributed by atoms with Gasteiger partial charge in [0.2, 0.25) is 0 Å². The summed E-state index contributed by atoms with van der Waals surface area (Å²) in [4.78, 5) is 1.12. The molecule has 0 bridgehead atoms. The van der Waals surface area contributed by atoms with E-state index in [0.717, 1.165) is 15.7 Å². The molecule has 0 amide bonds. The third-order valence-electron chi connectivity index (χ3n) is 2.62. The fourth-order valence-electron chi connectivity index (χ4n) is 1.85. The SMILES string of the molecule is CS(C)(C)c1ccc(O)c2cccc(O)c12. The highest BCUT2D eigenvalue weighted by molar-refractivity contribution is 8.32. The lowest BCUT2D eigenvalue weighted by molar-refractivity contribution is 0.474. The Bertz CT molecular complexity index is 541. The van der Waals surface area contributed by atoms with Crippen molar-refractivity contribution in [2.45, 2.75) is 4.90 Å². The summed E-state index contributed by atoms with van der Waals surface area (Å²) in [5.41, 5.74) is 0. The fourth-order valence-corrected chi connectivity index (χ4v) is 3.15. The molecule has 0 saturated carbocycles. The lowest BCUT2D eigenvalue weighted by Gasteiger charge is -2.27. The van der Waals surface area contributed by atoms with E-state index in [1.807, 2.05) is 12.1 Å². The van der Waals surface area contributed by atoms with Crippen molar-refractivity contribution in [2.24, 2.45) is 0 Å². The number of phenols is 2. The maximum Gasteiger partial charge on any atom is 0.124 e. The van der Waals surface area contributed by atoms with Gasteiger partial charge in [0.25, 0.3) is 0 Å². The summed E-state index contributed by atoms with van der Waals surface area (Å²) in [5.74, 6) is 0.462. The predicted molar refractivity (Wildman–Crippen MR) is 70.9 cm³/mol. The van der Waals surface area contributed by atoms with Gasteiger partial charge in [0.15, 0.2) is 0 Å². The summed E-state index contributed by atoms with van der Waals surface area (Å²) in [6.45, 7) is 0. The van der Waals surface area contributed by atoms with Crippen LogP contribution in [0.5, 0.6) is 11.5 Å². The van der Waals surface area contributed by atoms with Gasteiger partial charge in [0, 0.05) is 15.7 Å². The molecule has 3 heteroatoms. The molecular weight excluding hydrogens is 220 g/mol. The van der Waals surface area contributed by atoms with Crippen molar-refractivity contribution in [3.63, 3.8) is 0 Å². The van der Waals surface area contributed by atoms with Gasteiger partial charge in [0.1, 0.15) is 11.5 Å². The molecule has 0 unspecified atom stereocenters. The maximum absolute atomic E-state index is 9.94. The summed E-state index contributed by atoms with van der Waals surface area (Å²) in [6, 6.07) is 8.86. The van der Waals surface area contributed by atoms with Crippen molar-refractivity contribution >= 4 is 20.8 Å². The third-order valence-corrected chi connectivity index (χ3v) is 4.28. The number of hydrogen-bond acceptors (Lipinski definition) is 2. The zero-order chi connectivity index (χ0) is 11.9. The van der Waals surface area contributed by atoms with Crippen LogP contribution in [0.3, 0.4) is 0 Å². The molecule has 2 aromatic rings. The number of aromatic hydroxyl groups is 2. The average Bonchev–Trinajstić information content (AvgIpc) is 2.18. The Hall–Kier alpha value is -1.35. The number of phenolic OH excluding ortho intramolecular Hbond substituents is 2. The molecule has 2 aromatic carbocycles. The van der Waals surface area contributed by atoms with Gasteiger partial charge >= 0.3 is 0 Å². The standard InChI is InChI=1S/C13H16O2S/c1-16(2,3)12-8-7-10(14)9-5-4-6-11(15)13(9)12/h4-8,14-15H,1-3H3. The first kappa shape index (κ1) is 11.1. The number of fused-ring (bicyclic) bond motifs is 1. The summed E-state index contributed by atoms with van der Waals surface area (Å²) < 4.78 is 0. The minimum atomic E-state index is -0.940. The molecule has 0 aliphatic rings. The van der Waals surface area contributed by atoms with Crippen molar-refractivity contribution in [1.82, 2.24) is 0 Å². The molecule has 0 atom stereocenters. The van der Waals surface area contributed by atoms with Gasteiger partial charge in [-0.3, -0.25) is 0 Å². The number of hydrogen-bond donors (Lipinski definition) is 2. The Morgan fingerprint density at radius 3 is 2.19 bits per heavy atom. The van der Waals surface area contributed by atoms with Crippen LogP contribution in [0.1, 0.15) is 0 Å². The topological polar surface area (TPSA) is 40.5 Å². The molecule has 0 aliphatic heterocycles. The predicted octanol–water partition coefficient (Wildman–Crippen LogP) is 3.30. The summed E-state index contributed by atoms with van der Waals surface area (Å²) in [6.07, 6.45) is 6.52. The van der Waals surface area contributed by atoms with Crippen LogP contribution < -0.4 is 0 Å². The van der Waals surface area contributed by atoms with E-state index in [1.54, 1.807) is 18.2 Å². The zero-order valence-electron chi connectivity index (χ0n) is 9.69. The molecule has 0 radical (unpaired) electrons. The number of rotatable bonds is 1. The van der Waals surface area contributed by atoms with Crippen molar-refractivity contribution < 1.29 is 10.2 Å². The number of benzene rings is 2. The van der Waals surface area contributed by atoms with Crippen LogP contribution in [-0.2, 0) is 0 Å². The monoisotopic (exact) mass is 236 g/mol. The van der Waals surface area contributed by atoms with Crippen LogP contribution in [-0.4, -0.2) is 29.0 Å². The minimum absolute atomic E-state index is 0.221. The van der Waals surface area contributed by atoms with Gasteiger partial charge in [-0.1, -0.05) is 12.1 Å². The zero-order valence-corrected chi connectivity index (χ0v) is 10.5. The second-order valence-electron chi connectivity index (χ2n) is 4.62. The molecule has 2 nitrogen and oxygen atoms in total. The van der Waals surface area contributed by atoms with E-state index < -0.39 is 10.0 Å². The van der Waals surface area contributed by atoms with E-state index in [2.05, 4.69) is 18.8 Å². The largest absolute Gasteiger partial charge is 0.507 e. The van der Waals surface area contributed by atoms with Gasteiger partial charge in [-0.05, 0) is 37.0 Å². The van der Waals surface area contributed by atoms with Crippen molar-refractivity contribution in [2.75, 3.05) is 18.8 Å². The molecule has 0 aliphatic carbocycles. The summed E-state index contributed by atoms with van der Waals surface area (Å²) in [5, 5.41) is 21.2. The normalized spacial score (nSPS) is 12.9. The van der Waals surface area contributed by atoms with Gasteiger partial charge < -0.3 is 10.2 Å². The second kappa shape index (κ2) is 3.59. The molecule has 86 valence electrons. The Morgan fingerprint density at radius 1 is 0.875 bits per heavy atom. The summed E-state index contributed by atoms with van der Waals surface area (Å²) >= 11 is 0. The first-order valence-corrected chi connectivity index (χ1v) is 7.89. The van der Waals surface area contributed by atoms with Crippen LogP contribution in [0.4, 0.5) is 0 Å². The van der Waals surface area contributed by atoms with E-state index in [0.29, 0.717) is 0 Å². The molecular formula is C13H16O2S. The van der Waals surface area contributed by atoms with Crippen molar-refractivity contribution in [1.29, 1.82) is 0 Å². The van der Waals surface area contributed by atoms with Gasteiger partial charge in [-0.2, -0.15) is 0 Å². The second-order valence-corrected chi connectivity index (χ2v) is 8.73. The van der Waals surface area contributed by atoms with E-state index in [1.165, 1.54) is 0 Å². The Labute approximate surface area is 96.9 Å². The first-order valence-electron chi connectivity index (χ1n) is 5.03. The molecule has 2 rings (SSSR count). The molecule has 16 heavy (non-hydrogen) atoms. The molecule has 0 spiro atoms. The molecule has 0 fully saturated rings. The maximum atomic E-state index is 9.94. The van der Waals surface area contributed by atoms with Crippen molar-refractivity contribution in [3.05, 3.63) is 30.3 Å². The highest BCUT2D eigenvalue weighted by atomic mass is 32.3. The molecule has 0 aromatic heterocycles. The van der Waals surface area contributed by atoms with Crippen LogP contribution in [0.15, 0.2) is 35.2 Å². The first-order chi connectivity index (χ1) is 7.41. The van der Waals surface area contributed by atoms with E-state index >= 15 is 0 Å². The van der Waals surface area contributed by atoms with E-state index in [9.17, 15) is 10.2 Å². The van der Waals surface area contributed by atoms with E-state index in [-0.39, 0.29) is 11.5 Å². The van der Waals surface area contributed by atoms with E-state index in [4.69, 9.17) is 0 Å². The molecule has 0 saturated heterocycles. The minimum Gasteiger partial charge on any atom is -0.507 e. The van der Waals surface area contributed by atoms with Crippen LogP contribution in [0.25, 0.3) is 10.8 Å². The average molecular weight is 236 g/mol. The quantitative estimate of drug-likeness (QED) is 0.797. The summed E-state index contributed by atoms with van der Waals surface area (Å²) in [7, 11) is -0.940. The van der Waals surface area contributed by atoms with Crippen molar-refractivity contribution in [3.8, 4) is 11.5 Å². The van der Waals surface area contributed by atoms with Crippen LogP contribution in [0, 0.1) is 0 Å². The Kier molecular flexibility index (Phi) is 2.50. The highest BCUT2D eigenvalue weighted by Crippen LogP contribution is 2.51. The van der Waals surface area contributed by atoms with Gasteiger partial charge in [-0.25, -0.2) is 10.0 Å². The lowest BCUT2D eigenvalue weighted by Crippen LogP contribution is -1.94. The third kappa shape index (κ3) is 1.71. The molecule has 2 N–H and O–H groups in total. The Morgan fingerprint density at radius 2 is 1.56 bits per heavy atom. The Balaban J connectivity index is 2.92. The van der Waals surface area contributed by atoms with Crippen LogP contribution in [0.2, 0.25) is 0 Å². The van der Waals surface area contributed by atoms with Crippen LogP contribution >= 0.6 is 10.0 Å².